The number of aliphatic hydroxyl groups is 1. The number of hydrogen-bond acceptors (Lipinski definition) is 2. The van der Waals surface area contributed by atoms with Gasteiger partial charge in [0.05, 0.1) is 5.60 Å². The van der Waals surface area contributed by atoms with Gasteiger partial charge in [-0.1, -0.05) is 70.6 Å². The molecule has 2 aliphatic carbocycles. The molecule has 0 saturated heterocycles. The minimum atomic E-state index is -0.385. The first-order chi connectivity index (χ1) is 9.79. The first-order valence-corrected chi connectivity index (χ1v) is 9.24. The summed E-state index contributed by atoms with van der Waals surface area (Å²) in [7, 11) is 0. The number of hydrogen-bond donors (Lipinski definition) is 2. The molecule has 0 atom stereocenters. The van der Waals surface area contributed by atoms with Crippen molar-refractivity contribution in [1.82, 2.24) is 5.32 Å². The molecule has 0 aliphatic heterocycles. The zero-order valence-corrected chi connectivity index (χ0v) is 13.3. The van der Waals surface area contributed by atoms with Crippen LogP contribution >= 0.6 is 0 Å². The molecule has 0 heterocycles. The van der Waals surface area contributed by atoms with E-state index >= 15 is 0 Å². The standard InChI is InChI=1S/C18H35NO/c20-18(14-10-11-15-18)16-19-17-12-8-6-4-2-1-3-5-7-9-13-17/h17,19-20H,1-16H2. The van der Waals surface area contributed by atoms with Gasteiger partial charge in [-0.2, -0.15) is 0 Å². The van der Waals surface area contributed by atoms with Crippen molar-refractivity contribution in [1.29, 1.82) is 0 Å². The van der Waals surface area contributed by atoms with E-state index in [2.05, 4.69) is 5.32 Å². The molecular formula is C18H35NO. The van der Waals surface area contributed by atoms with Gasteiger partial charge in [0.1, 0.15) is 0 Å². The van der Waals surface area contributed by atoms with E-state index in [9.17, 15) is 5.11 Å². The minimum Gasteiger partial charge on any atom is -0.389 e. The Labute approximate surface area is 125 Å². The Bertz CT molecular complexity index is 236. The van der Waals surface area contributed by atoms with Crippen LogP contribution in [0.5, 0.6) is 0 Å². The predicted molar refractivity (Wildman–Crippen MR) is 86.0 cm³/mol. The van der Waals surface area contributed by atoms with Gasteiger partial charge in [0.15, 0.2) is 0 Å². The molecule has 2 rings (SSSR count). The third-order valence-corrected chi connectivity index (χ3v) is 5.36. The Morgan fingerprint density at radius 3 is 1.65 bits per heavy atom. The van der Waals surface area contributed by atoms with Crippen LogP contribution in [0.15, 0.2) is 0 Å². The second-order valence-corrected chi connectivity index (χ2v) is 7.27. The van der Waals surface area contributed by atoms with Crippen LogP contribution in [0.25, 0.3) is 0 Å². The summed E-state index contributed by atoms with van der Waals surface area (Å²) >= 11 is 0. The summed E-state index contributed by atoms with van der Waals surface area (Å²) in [6, 6.07) is 0.652. The van der Waals surface area contributed by atoms with E-state index in [4.69, 9.17) is 0 Å². The Kier molecular flexibility index (Phi) is 7.37. The van der Waals surface area contributed by atoms with Crippen LogP contribution in [0.2, 0.25) is 0 Å². The maximum absolute atomic E-state index is 10.5. The fourth-order valence-electron chi connectivity index (χ4n) is 3.91. The maximum atomic E-state index is 10.5. The Hall–Kier alpha value is -0.0800. The zero-order chi connectivity index (χ0) is 14.1. The van der Waals surface area contributed by atoms with Gasteiger partial charge >= 0.3 is 0 Å². The Balaban J connectivity index is 1.71. The van der Waals surface area contributed by atoms with E-state index in [-0.39, 0.29) is 5.60 Å². The largest absolute Gasteiger partial charge is 0.389 e. The molecule has 2 saturated carbocycles. The molecule has 0 amide bonds. The Morgan fingerprint density at radius 2 is 1.15 bits per heavy atom. The van der Waals surface area contributed by atoms with Crippen molar-refractivity contribution in [3.8, 4) is 0 Å². The van der Waals surface area contributed by atoms with E-state index in [1.165, 1.54) is 83.5 Å². The molecule has 0 aromatic heterocycles. The molecule has 2 nitrogen and oxygen atoms in total. The fraction of sp³-hybridized carbons (Fsp3) is 1.00. The summed E-state index contributed by atoms with van der Waals surface area (Å²) in [4.78, 5) is 0. The summed E-state index contributed by atoms with van der Waals surface area (Å²) < 4.78 is 0. The van der Waals surface area contributed by atoms with Gasteiger partial charge in [-0.3, -0.25) is 0 Å². The summed E-state index contributed by atoms with van der Waals surface area (Å²) in [6.45, 7) is 0.831. The van der Waals surface area contributed by atoms with Gasteiger partial charge in [0.2, 0.25) is 0 Å². The molecule has 2 heteroatoms. The third kappa shape index (κ3) is 6.13. The summed E-state index contributed by atoms with van der Waals surface area (Å²) in [5.41, 5.74) is -0.385. The number of nitrogens with one attached hydrogen (secondary N) is 1. The fourth-order valence-corrected chi connectivity index (χ4v) is 3.91. The van der Waals surface area contributed by atoms with Crippen LogP contribution in [-0.2, 0) is 0 Å². The van der Waals surface area contributed by atoms with Crippen LogP contribution in [0, 0.1) is 0 Å². The van der Waals surface area contributed by atoms with Crippen molar-refractivity contribution in [2.75, 3.05) is 6.54 Å². The first-order valence-electron chi connectivity index (χ1n) is 9.24. The lowest BCUT2D eigenvalue weighted by Crippen LogP contribution is -2.42. The van der Waals surface area contributed by atoms with Crippen LogP contribution in [-0.4, -0.2) is 23.3 Å². The molecule has 0 aromatic rings. The number of rotatable bonds is 3. The highest BCUT2D eigenvalue weighted by Gasteiger charge is 2.31. The van der Waals surface area contributed by atoms with Gasteiger partial charge in [0, 0.05) is 12.6 Å². The average molecular weight is 281 g/mol. The van der Waals surface area contributed by atoms with Crippen molar-refractivity contribution in [2.45, 2.75) is 108 Å². The van der Waals surface area contributed by atoms with Gasteiger partial charge in [-0.05, 0) is 25.7 Å². The van der Waals surface area contributed by atoms with Gasteiger partial charge in [-0.25, -0.2) is 0 Å². The molecule has 0 unspecified atom stereocenters. The topological polar surface area (TPSA) is 32.3 Å². The summed E-state index contributed by atoms with van der Waals surface area (Å²) in [5.74, 6) is 0. The van der Waals surface area contributed by atoms with Crippen molar-refractivity contribution in [3.63, 3.8) is 0 Å². The van der Waals surface area contributed by atoms with Gasteiger partial charge in [-0.15, -0.1) is 0 Å². The molecule has 0 spiro atoms. The highest BCUT2D eigenvalue weighted by molar-refractivity contribution is 4.87. The average Bonchev–Trinajstić information content (AvgIpc) is 2.86. The monoisotopic (exact) mass is 281 g/mol. The van der Waals surface area contributed by atoms with Crippen LogP contribution in [0.1, 0.15) is 96.3 Å². The highest BCUT2D eigenvalue weighted by atomic mass is 16.3. The second kappa shape index (κ2) is 9.04. The third-order valence-electron chi connectivity index (χ3n) is 5.36. The lowest BCUT2D eigenvalue weighted by atomic mass is 9.96. The van der Waals surface area contributed by atoms with Gasteiger partial charge in [0.25, 0.3) is 0 Å². The molecule has 0 aromatic carbocycles. The van der Waals surface area contributed by atoms with Crippen molar-refractivity contribution >= 4 is 0 Å². The second-order valence-electron chi connectivity index (χ2n) is 7.27. The quantitative estimate of drug-likeness (QED) is 0.795. The molecule has 118 valence electrons. The normalized spacial score (nSPS) is 26.9. The summed E-state index contributed by atoms with van der Waals surface area (Å²) in [6.07, 6.45) is 19.8. The zero-order valence-electron chi connectivity index (χ0n) is 13.3. The van der Waals surface area contributed by atoms with E-state index in [1.54, 1.807) is 0 Å². The molecule has 20 heavy (non-hydrogen) atoms. The van der Waals surface area contributed by atoms with Crippen LogP contribution in [0.3, 0.4) is 0 Å². The summed E-state index contributed by atoms with van der Waals surface area (Å²) in [5, 5.41) is 14.2. The lowest BCUT2D eigenvalue weighted by molar-refractivity contribution is 0.0440. The maximum Gasteiger partial charge on any atom is 0.0771 e. The smallest absolute Gasteiger partial charge is 0.0771 e. The molecule has 0 bridgehead atoms. The van der Waals surface area contributed by atoms with Crippen molar-refractivity contribution in [3.05, 3.63) is 0 Å². The minimum absolute atomic E-state index is 0.385. The Morgan fingerprint density at radius 1 is 0.700 bits per heavy atom. The van der Waals surface area contributed by atoms with Crippen LogP contribution < -0.4 is 5.32 Å². The van der Waals surface area contributed by atoms with E-state index in [0.717, 1.165) is 19.4 Å². The molecule has 0 radical (unpaired) electrons. The van der Waals surface area contributed by atoms with E-state index in [1.807, 2.05) is 0 Å². The SMILES string of the molecule is OC1(CNC2CCCCCCCCCCC2)CCCC1. The van der Waals surface area contributed by atoms with E-state index in [0.29, 0.717) is 6.04 Å². The van der Waals surface area contributed by atoms with Crippen LogP contribution in [0.4, 0.5) is 0 Å². The van der Waals surface area contributed by atoms with Crippen molar-refractivity contribution < 1.29 is 5.11 Å². The van der Waals surface area contributed by atoms with Gasteiger partial charge < -0.3 is 10.4 Å². The lowest BCUT2D eigenvalue weighted by Gasteiger charge is -2.27. The highest BCUT2D eigenvalue weighted by Crippen LogP contribution is 2.29. The van der Waals surface area contributed by atoms with E-state index < -0.39 is 0 Å². The predicted octanol–water partition coefficient (Wildman–Crippen LogP) is 4.55. The van der Waals surface area contributed by atoms with Crippen molar-refractivity contribution in [2.24, 2.45) is 0 Å². The first kappa shape index (κ1) is 16.3. The molecule has 2 N–H and O–H groups in total. The molecule has 2 aliphatic rings. The molecule has 2 fully saturated rings. The molecular weight excluding hydrogens is 246 g/mol.